The maximum Gasteiger partial charge on any atom is 0.131 e. The van der Waals surface area contributed by atoms with E-state index >= 15 is 0 Å². The summed E-state index contributed by atoms with van der Waals surface area (Å²) in [6, 6.07) is 12.9. The molecule has 0 unspecified atom stereocenters. The fourth-order valence-electron chi connectivity index (χ4n) is 2.88. The summed E-state index contributed by atoms with van der Waals surface area (Å²) in [7, 11) is 3.00. The van der Waals surface area contributed by atoms with Crippen LogP contribution in [0.4, 0.5) is 8.78 Å². The monoisotopic (exact) mass is 418 g/mol. The lowest BCUT2D eigenvalue weighted by molar-refractivity contribution is 0.415. The van der Waals surface area contributed by atoms with Crippen molar-refractivity contribution >= 4 is 15.9 Å². The van der Waals surface area contributed by atoms with Crippen LogP contribution in [-0.2, 0) is 0 Å². The van der Waals surface area contributed by atoms with Gasteiger partial charge in [-0.05, 0) is 49.4 Å². The summed E-state index contributed by atoms with van der Waals surface area (Å²) >= 11 is 3.36. The number of benzene rings is 3. The van der Waals surface area contributed by atoms with Crippen LogP contribution in [-0.4, -0.2) is 14.2 Å². The number of methoxy groups -OCH3 is 2. The quantitative estimate of drug-likeness (QED) is 0.488. The van der Waals surface area contributed by atoms with Crippen LogP contribution in [0.2, 0.25) is 0 Å². The molecular formula is C21H17BrF2O2. The average Bonchev–Trinajstić information content (AvgIpc) is 2.63. The van der Waals surface area contributed by atoms with E-state index in [1.54, 1.807) is 30.3 Å². The molecule has 0 radical (unpaired) electrons. The van der Waals surface area contributed by atoms with Gasteiger partial charge in [0.15, 0.2) is 0 Å². The summed E-state index contributed by atoms with van der Waals surface area (Å²) in [6.45, 7) is 1.89. The topological polar surface area (TPSA) is 18.5 Å². The van der Waals surface area contributed by atoms with Gasteiger partial charge < -0.3 is 9.47 Å². The van der Waals surface area contributed by atoms with Gasteiger partial charge in [0.25, 0.3) is 0 Å². The van der Waals surface area contributed by atoms with E-state index in [0.29, 0.717) is 22.6 Å². The van der Waals surface area contributed by atoms with E-state index in [1.807, 2.05) is 13.0 Å². The van der Waals surface area contributed by atoms with Gasteiger partial charge in [-0.3, -0.25) is 0 Å². The molecule has 0 saturated carbocycles. The first-order chi connectivity index (χ1) is 12.4. The number of ether oxygens (including phenoxy) is 2. The molecule has 0 saturated heterocycles. The lowest BCUT2D eigenvalue weighted by atomic mass is 9.97. The van der Waals surface area contributed by atoms with Gasteiger partial charge in [-0.2, -0.15) is 0 Å². The second-order valence-corrected chi connectivity index (χ2v) is 6.78. The zero-order valence-electron chi connectivity index (χ0n) is 14.6. The van der Waals surface area contributed by atoms with Gasteiger partial charge in [0.1, 0.15) is 23.1 Å². The molecule has 0 aliphatic rings. The molecule has 3 aromatic rings. The Morgan fingerprint density at radius 2 is 1.19 bits per heavy atom. The summed E-state index contributed by atoms with van der Waals surface area (Å²) < 4.78 is 41.2. The maximum absolute atomic E-state index is 14.9. The van der Waals surface area contributed by atoms with Crippen LogP contribution >= 0.6 is 15.9 Å². The molecule has 0 spiro atoms. The van der Waals surface area contributed by atoms with E-state index in [4.69, 9.17) is 9.47 Å². The molecular weight excluding hydrogens is 402 g/mol. The maximum atomic E-state index is 14.9. The van der Waals surface area contributed by atoms with Gasteiger partial charge in [-0.1, -0.05) is 27.6 Å². The summed E-state index contributed by atoms with van der Waals surface area (Å²) in [6.07, 6.45) is 0. The highest BCUT2D eigenvalue weighted by atomic mass is 79.9. The van der Waals surface area contributed by atoms with Crippen LogP contribution < -0.4 is 9.47 Å². The van der Waals surface area contributed by atoms with Gasteiger partial charge in [0, 0.05) is 26.7 Å². The molecule has 0 amide bonds. The predicted molar refractivity (Wildman–Crippen MR) is 103 cm³/mol. The minimum atomic E-state index is -0.540. The normalized spacial score (nSPS) is 10.7. The molecule has 134 valence electrons. The van der Waals surface area contributed by atoms with Gasteiger partial charge >= 0.3 is 0 Å². The van der Waals surface area contributed by atoms with Crippen molar-refractivity contribution in [3.05, 3.63) is 70.2 Å². The lowest BCUT2D eigenvalue weighted by Gasteiger charge is -2.14. The molecule has 3 aromatic carbocycles. The van der Waals surface area contributed by atoms with Crippen molar-refractivity contribution in [2.45, 2.75) is 6.92 Å². The average molecular weight is 419 g/mol. The Hall–Kier alpha value is -2.40. The Balaban J connectivity index is 2.20. The van der Waals surface area contributed by atoms with Crippen molar-refractivity contribution in [1.82, 2.24) is 0 Å². The van der Waals surface area contributed by atoms with E-state index < -0.39 is 11.6 Å². The smallest absolute Gasteiger partial charge is 0.131 e. The molecule has 0 aromatic heterocycles. The molecule has 5 heteroatoms. The van der Waals surface area contributed by atoms with Crippen molar-refractivity contribution in [2.24, 2.45) is 0 Å². The Morgan fingerprint density at radius 1 is 0.692 bits per heavy atom. The molecule has 0 bridgehead atoms. The first kappa shape index (κ1) is 18.4. The van der Waals surface area contributed by atoms with E-state index in [-0.39, 0.29) is 11.1 Å². The summed E-state index contributed by atoms with van der Waals surface area (Å²) in [5.41, 5.74) is 2.20. The van der Waals surface area contributed by atoms with Crippen molar-refractivity contribution in [1.29, 1.82) is 0 Å². The SMILES string of the molecule is COc1ccc(C)cc1-c1cc(F)c(-c2cc(Br)ccc2OC)cc1F. The van der Waals surface area contributed by atoms with Gasteiger partial charge in [-0.15, -0.1) is 0 Å². The van der Waals surface area contributed by atoms with E-state index in [0.717, 1.165) is 10.0 Å². The molecule has 26 heavy (non-hydrogen) atoms. The molecule has 2 nitrogen and oxygen atoms in total. The highest BCUT2D eigenvalue weighted by Gasteiger charge is 2.18. The number of hydrogen-bond acceptors (Lipinski definition) is 2. The lowest BCUT2D eigenvalue weighted by Crippen LogP contribution is -1.96. The first-order valence-corrected chi connectivity index (χ1v) is 8.72. The zero-order chi connectivity index (χ0) is 18.8. The Labute approximate surface area is 159 Å². The van der Waals surface area contributed by atoms with Crippen molar-refractivity contribution in [2.75, 3.05) is 14.2 Å². The molecule has 0 fully saturated rings. The molecule has 0 N–H and O–H groups in total. The van der Waals surface area contributed by atoms with E-state index in [2.05, 4.69) is 15.9 Å². The van der Waals surface area contributed by atoms with E-state index in [9.17, 15) is 8.78 Å². The van der Waals surface area contributed by atoms with Crippen LogP contribution in [0.1, 0.15) is 5.56 Å². The minimum absolute atomic E-state index is 0.135. The van der Waals surface area contributed by atoms with Crippen LogP contribution in [0.15, 0.2) is 53.0 Å². The summed E-state index contributed by atoms with van der Waals surface area (Å²) in [4.78, 5) is 0. The number of halogens is 3. The number of aryl methyl sites for hydroxylation is 1. The van der Waals surface area contributed by atoms with Crippen LogP contribution in [0, 0.1) is 18.6 Å². The predicted octanol–water partition coefficient (Wildman–Crippen LogP) is 6.39. The fraction of sp³-hybridized carbons (Fsp3) is 0.143. The van der Waals surface area contributed by atoms with Gasteiger partial charge in [0.2, 0.25) is 0 Å². The Kier molecular flexibility index (Phi) is 5.28. The highest BCUT2D eigenvalue weighted by molar-refractivity contribution is 9.10. The van der Waals surface area contributed by atoms with E-state index in [1.165, 1.54) is 26.4 Å². The Morgan fingerprint density at radius 3 is 1.73 bits per heavy atom. The van der Waals surface area contributed by atoms with Gasteiger partial charge in [-0.25, -0.2) is 8.78 Å². The summed E-state index contributed by atoms with van der Waals surface area (Å²) in [5.74, 6) is -0.122. The highest BCUT2D eigenvalue weighted by Crippen LogP contribution is 2.39. The number of rotatable bonds is 4. The molecule has 0 atom stereocenters. The number of hydrogen-bond donors (Lipinski definition) is 0. The third-order valence-electron chi connectivity index (χ3n) is 4.15. The standard InChI is InChI=1S/C21H17BrF2O2/c1-12-4-6-20(25-2)16(8-12)14-10-19(24)15(11-18(14)23)17-9-13(22)5-7-21(17)26-3/h4-11H,1-3H3. The second kappa shape index (κ2) is 7.46. The van der Waals surface area contributed by atoms with Crippen LogP contribution in [0.3, 0.4) is 0 Å². The molecule has 3 rings (SSSR count). The van der Waals surface area contributed by atoms with Crippen LogP contribution in [0.5, 0.6) is 11.5 Å². The molecule has 0 aliphatic carbocycles. The second-order valence-electron chi connectivity index (χ2n) is 5.86. The van der Waals surface area contributed by atoms with Crippen molar-refractivity contribution in [3.63, 3.8) is 0 Å². The third kappa shape index (κ3) is 3.44. The fourth-order valence-corrected chi connectivity index (χ4v) is 3.24. The largest absolute Gasteiger partial charge is 0.496 e. The zero-order valence-corrected chi connectivity index (χ0v) is 16.2. The Bertz CT molecular complexity index is 891. The van der Waals surface area contributed by atoms with Crippen molar-refractivity contribution < 1.29 is 18.3 Å². The third-order valence-corrected chi connectivity index (χ3v) is 4.65. The van der Waals surface area contributed by atoms with Crippen molar-refractivity contribution in [3.8, 4) is 33.8 Å². The minimum Gasteiger partial charge on any atom is -0.496 e. The first-order valence-electron chi connectivity index (χ1n) is 7.92. The van der Waals surface area contributed by atoms with Crippen LogP contribution in [0.25, 0.3) is 22.3 Å². The van der Waals surface area contributed by atoms with Gasteiger partial charge in [0.05, 0.1) is 14.2 Å². The molecule has 0 aliphatic heterocycles. The summed E-state index contributed by atoms with van der Waals surface area (Å²) in [5, 5.41) is 0. The molecule has 0 heterocycles.